The maximum absolute atomic E-state index is 7.00. The van der Waals surface area contributed by atoms with Crippen LogP contribution >= 0.6 is 0 Å². The van der Waals surface area contributed by atoms with Gasteiger partial charge in [0.05, 0.1) is 0 Å². The second-order valence-corrected chi connectivity index (χ2v) is 14.6. The number of rotatable bonds is 4. The molecular weight excluding hydrogens is 683 g/mol. The van der Waals surface area contributed by atoms with Crippen LogP contribution in [0.15, 0.2) is 192 Å². The molecule has 2 aromatic heterocycles. The van der Waals surface area contributed by atoms with Crippen LogP contribution in [0.4, 0.5) is 0 Å². The van der Waals surface area contributed by atoms with E-state index in [0.29, 0.717) is 17.5 Å². The molecule has 0 fully saturated rings. The lowest BCUT2D eigenvalue weighted by Gasteiger charge is -2.28. The lowest BCUT2D eigenvalue weighted by Crippen LogP contribution is -2.25. The van der Waals surface area contributed by atoms with Gasteiger partial charge in [0.25, 0.3) is 0 Å². The quantitative estimate of drug-likeness (QED) is 0.182. The molecule has 4 heteroatoms. The fraction of sp³-hybridized carbons (Fsp3) is 0.0192. The predicted octanol–water partition coefficient (Wildman–Crippen LogP) is 12.8. The molecule has 0 saturated carbocycles. The molecule has 0 bridgehead atoms. The Hall–Kier alpha value is -7.43. The van der Waals surface area contributed by atoms with Crippen molar-refractivity contribution in [2.45, 2.75) is 5.41 Å². The van der Waals surface area contributed by atoms with Crippen LogP contribution in [0.25, 0.3) is 89.3 Å². The van der Waals surface area contributed by atoms with Crippen LogP contribution in [0.2, 0.25) is 0 Å². The molecule has 0 N–H and O–H groups in total. The first-order valence-electron chi connectivity index (χ1n) is 19.0. The molecule has 2 aliphatic rings. The summed E-state index contributed by atoms with van der Waals surface area (Å²) in [5.74, 6) is 2.89. The smallest absolute Gasteiger partial charge is 0.164 e. The second kappa shape index (κ2) is 11.8. The van der Waals surface area contributed by atoms with Gasteiger partial charge in [-0.2, -0.15) is 0 Å². The molecule has 1 spiro atoms. The second-order valence-electron chi connectivity index (χ2n) is 14.6. The largest absolute Gasteiger partial charge is 0.459 e. The molecule has 0 radical (unpaired) electrons. The lowest BCUT2D eigenvalue weighted by atomic mass is 9.72. The van der Waals surface area contributed by atoms with Crippen molar-refractivity contribution in [3.8, 4) is 67.5 Å². The molecule has 2 aliphatic carbocycles. The van der Waals surface area contributed by atoms with Crippen molar-refractivity contribution in [1.29, 1.82) is 0 Å². The Morgan fingerprint density at radius 2 is 0.929 bits per heavy atom. The summed E-state index contributed by atoms with van der Waals surface area (Å²) in [5, 5.41) is 3.38. The SMILES string of the molecule is c1ccc(-c2nc(-c3ccccc3-c3ccc4c(c3)C3(c5ccccc5-c5ccccc53)c3oc5ccccc5c3-4)nc(-c3cccc4ccccc34)n2)cc1. The molecule has 0 aliphatic heterocycles. The standard InChI is InChI=1S/C52H31N3O/c1-2-16-33(17-3-1)49-53-50(55-51(54-49)40-25-14-18-32-15-4-5-19-35(32)40)39-23-7-6-20-36(39)34-29-30-41-45(31-34)52(48-47(41)42-24-10-13-28-46(42)56-48)43-26-11-8-21-37(43)38-22-9-12-27-44(38)52/h1-31H. The third kappa shape index (κ3) is 4.27. The Balaban J connectivity index is 1.11. The van der Waals surface area contributed by atoms with Gasteiger partial charge >= 0.3 is 0 Å². The first-order valence-corrected chi connectivity index (χ1v) is 19.0. The number of fused-ring (bicyclic) bond motifs is 13. The summed E-state index contributed by atoms with van der Waals surface area (Å²) in [6.07, 6.45) is 0. The maximum atomic E-state index is 7.00. The average Bonchev–Trinajstić information content (AvgIpc) is 3.90. The molecule has 12 rings (SSSR count). The van der Waals surface area contributed by atoms with Gasteiger partial charge in [-0.1, -0.05) is 176 Å². The van der Waals surface area contributed by atoms with E-state index < -0.39 is 5.41 Å². The fourth-order valence-corrected chi connectivity index (χ4v) is 9.39. The van der Waals surface area contributed by atoms with Gasteiger partial charge in [-0.25, -0.2) is 15.0 Å². The van der Waals surface area contributed by atoms with E-state index in [9.17, 15) is 0 Å². The highest BCUT2D eigenvalue weighted by Gasteiger charge is 2.55. The van der Waals surface area contributed by atoms with E-state index in [1.165, 1.54) is 38.9 Å². The lowest BCUT2D eigenvalue weighted by molar-refractivity contribution is 0.507. The molecule has 56 heavy (non-hydrogen) atoms. The van der Waals surface area contributed by atoms with Crippen molar-refractivity contribution < 1.29 is 4.42 Å². The number of para-hydroxylation sites is 1. The van der Waals surface area contributed by atoms with Gasteiger partial charge < -0.3 is 4.42 Å². The highest BCUT2D eigenvalue weighted by Crippen LogP contribution is 2.65. The van der Waals surface area contributed by atoms with Crippen LogP contribution in [0.5, 0.6) is 0 Å². The molecule has 2 heterocycles. The van der Waals surface area contributed by atoms with E-state index in [2.05, 4.69) is 170 Å². The topological polar surface area (TPSA) is 51.8 Å². The number of nitrogens with zero attached hydrogens (tertiary/aromatic N) is 3. The van der Waals surface area contributed by atoms with Crippen LogP contribution in [0, 0.1) is 0 Å². The van der Waals surface area contributed by atoms with Crippen LogP contribution < -0.4 is 0 Å². The van der Waals surface area contributed by atoms with Crippen molar-refractivity contribution in [1.82, 2.24) is 15.0 Å². The third-order valence-electron chi connectivity index (χ3n) is 11.8. The summed E-state index contributed by atoms with van der Waals surface area (Å²) >= 11 is 0. The Labute approximate surface area is 323 Å². The number of hydrogen-bond donors (Lipinski definition) is 0. The van der Waals surface area contributed by atoms with Crippen LogP contribution in [0.3, 0.4) is 0 Å². The number of benzene rings is 8. The molecule has 4 nitrogen and oxygen atoms in total. The summed E-state index contributed by atoms with van der Waals surface area (Å²) in [4.78, 5) is 15.5. The van der Waals surface area contributed by atoms with Gasteiger partial charge in [0.2, 0.25) is 0 Å². The van der Waals surface area contributed by atoms with E-state index in [0.717, 1.165) is 55.3 Å². The van der Waals surface area contributed by atoms with E-state index in [4.69, 9.17) is 19.4 Å². The summed E-state index contributed by atoms with van der Waals surface area (Å²) in [5.41, 5.74) is 13.8. The molecule has 10 aromatic rings. The van der Waals surface area contributed by atoms with Gasteiger partial charge in [0.15, 0.2) is 17.5 Å². The van der Waals surface area contributed by atoms with Gasteiger partial charge in [-0.15, -0.1) is 0 Å². The number of furan rings is 1. The average molecular weight is 714 g/mol. The molecular formula is C52H31N3O. The molecule has 0 unspecified atom stereocenters. The number of hydrogen-bond acceptors (Lipinski definition) is 4. The monoisotopic (exact) mass is 713 g/mol. The van der Waals surface area contributed by atoms with Gasteiger partial charge in [-0.05, 0) is 67.4 Å². The Kier molecular flexibility index (Phi) is 6.52. The first kappa shape index (κ1) is 31.0. The third-order valence-corrected chi connectivity index (χ3v) is 11.8. The highest BCUT2D eigenvalue weighted by atomic mass is 16.3. The van der Waals surface area contributed by atoms with Gasteiger partial charge in [-0.3, -0.25) is 0 Å². The van der Waals surface area contributed by atoms with Crippen LogP contribution in [-0.4, -0.2) is 15.0 Å². The van der Waals surface area contributed by atoms with Crippen LogP contribution in [0.1, 0.15) is 22.5 Å². The first-order chi connectivity index (χ1) is 27.8. The Bertz CT molecular complexity index is 3160. The molecule has 0 amide bonds. The fourth-order valence-electron chi connectivity index (χ4n) is 9.39. The summed E-state index contributed by atoms with van der Waals surface area (Å²) < 4.78 is 7.00. The summed E-state index contributed by atoms with van der Waals surface area (Å²) in [7, 11) is 0. The predicted molar refractivity (Wildman–Crippen MR) is 225 cm³/mol. The Morgan fingerprint density at radius 1 is 0.357 bits per heavy atom. The molecule has 0 atom stereocenters. The van der Waals surface area contributed by atoms with E-state index in [1.807, 2.05) is 18.2 Å². The minimum Gasteiger partial charge on any atom is -0.459 e. The molecule has 8 aromatic carbocycles. The summed E-state index contributed by atoms with van der Waals surface area (Å²) in [6, 6.07) is 66.4. The zero-order valence-electron chi connectivity index (χ0n) is 30.1. The van der Waals surface area contributed by atoms with E-state index >= 15 is 0 Å². The van der Waals surface area contributed by atoms with Crippen LogP contribution in [-0.2, 0) is 5.41 Å². The van der Waals surface area contributed by atoms with E-state index in [1.54, 1.807) is 0 Å². The van der Waals surface area contributed by atoms with Gasteiger partial charge in [0.1, 0.15) is 16.8 Å². The normalized spacial score (nSPS) is 13.1. The minimum absolute atomic E-state index is 0.614. The zero-order chi connectivity index (χ0) is 36.8. The van der Waals surface area contributed by atoms with Crippen molar-refractivity contribution >= 4 is 21.7 Å². The van der Waals surface area contributed by atoms with Gasteiger partial charge in [0, 0.05) is 27.6 Å². The van der Waals surface area contributed by atoms with Crippen molar-refractivity contribution in [2.75, 3.05) is 0 Å². The van der Waals surface area contributed by atoms with Crippen molar-refractivity contribution in [2.24, 2.45) is 0 Å². The minimum atomic E-state index is -0.614. The maximum Gasteiger partial charge on any atom is 0.164 e. The number of aromatic nitrogens is 3. The highest BCUT2D eigenvalue weighted by molar-refractivity contribution is 6.05. The molecule has 0 saturated heterocycles. The van der Waals surface area contributed by atoms with E-state index in [-0.39, 0.29) is 0 Å². The summed E-state index contributed by atoms with van der Waals surface area (Å²) in [6.45, 7) is 0. The van der Waals surface area contributed by atoms with Crippen molar-refractivity contribution in [3.63, 3.8) is 0 Å². The molecule has 260 valence electrons. The Morgan fingerprint density at radius 3 is 1.71 bits per heavy atom. The van der Waals surface area contributed by atoms with Crippen molar-refractivity contribution in [3.05, 3.63) is 211 Å². The zero-order valence-corrected chi connectivity index (χ0v) is 30.1.